The molecule has 2 rings (SSSR count). The Morgan fingerprint density at radius 3 is 2.48 bits per heavy atom. The van der Waals surface area contributed by atoms with E-state index in [4.69, 9.17) is 9.84 Å². The van der Waals surface area contributed by atoms with Crippen molar-refractivity contribution in [2.75, 3.05) is 12.4 Å². The lowest BCUT2D eigenvalue weighted by atomic mass is 9.98. The van der Waals surface area contributed by atoms with Crippen LogP contribution in [0.3, 0.4) is 0 Å². The van der Waals surface area contributed by atoms with Crippen molar-refractivity contribution in [1.82, 2.24) is 0 Å². The number of rotatable bonds is 7. The van der Waals surface area contributed by atoms with Crippen LogP contribution in [0.2, 0.25) is 0 Å². The van der Waals surface area contributed by atoms with Crippen molar-refractivity contribution in [2.45, 2.75) is 25.7 Å². The van der Waals surface area contributed by atoms with Crippen LogP contribution in [-0.2, 0) is 14.6 Å². The summed E-state index contributed by atoms with van der Waals surface area (Å²) in [5.74, 6) is -0.847. The van der Waals surface area contributed by atoms with Crippen LogP contribution < -0.4 is 4.74 Å². The Balaban J connectivity index is 2.61. The van der Waals surface area contributed by atoms with Crippen LogP contribution in [0.15, 0.2) is 41.3 Å². The van der Waals surface area contributed by atoms with Crippen molar-refractivity contribution in [3.63, 3.8) is 0 Å². The Morgan fingerprint density at radius 2 is 1.89 bits per heavy atom. The first-order chi connectivity index (χ1) is 12.6. The van der Waals surface area contributed by atoms with Gasteiger partial charge < -0.3 is 9.84 Å². The van der Waals surface area contributed by atoms with Gasteiger partial charge in [0.25, 0.3) is 0 Å². The van der Waals surface area contributed by atoms with Gasteiger partial charge in [0.1, 0.15) is 5.75 Å². The fraction of sp³-hybridized carbons (Fsp3) is 0.300. The van der Waals surface area contributed by atoms with Crippen LogP contribution in [0.5, 0.6) is 5.75 Å². The van der Waals surface area contributed by atoms with Crippen LogP contribution in [0.4, 0.5) is 0 Å². The Kier molecular flexibility index (Phi) is 6.24. The van der Waals surface area contributed by atoms with Crippen molar-refractivity contribution in [3.05, 3.63) is 47.5 Å². The second-order valence-corrected chi connectivity index (χ2v) is 8.69. The zero-order valence-electron chi connectivity index (χ0n) is 15.4. The lowest BCUT2D eigenvalue weighted by Crippen LogP contribution is -2.12. The molecule has 0 saturated heterocycles. The van der Waals surface area contributed by atoms with E-state index in [9.17, 15) is 18.5 Å². The van der Waals surface area contributed by atoms with Gasteiger partial charge >= 0.3 is 5.97 Å². The standard InChI is InChI=1S/C20H21NO5S/c1-13(2)12-27(24,25)16-6-4-14(3)17(9-16)18-8-15(10-21)5-7-19(18)26-11-20(22)23/h4-9,13H,11-12H2,1-3H3,(H,22,23). The van der Waals surface area contributed by atoms with Gasteiger partial charge in [-0.1, -0.05) is 19.9 Å². The van der Waals surface area contributed by atoms with Gasteiger partial charge in [0, 0.05) is 5.56 Å². The summed E-state index contributed by atoms with van der Waals surface area (Å²) in [5.41, 5.74) is 2.21. The van der Waals surface area contributed by atoms with E-state index in [0.29, 0.717) is 16.7 Å². The molecule has 0 aliphatic carbocycles. The number of hydrogen-bond donors (Lipinski definition) is 1. The van der Waals surface area contributed by atoms with E-state index in [1.807, 2.05) is 26.8 Å². The van der Waals surface area contributed by atoms with Gasteiger partial charge in [-0.3, -0.25) is 0 Å². The van der Waals surface area contributed by atoms with Crippen LogP contribution in [0.1, 0.15) is 25.0 Å². The third-order valence-corrected chi connectivity index (χ3v) is 5.95. The monoisotopic (exact) mass is 387 g/mol. The number of ether oxygens (including phenoxy) is 1. The molecule has 0 saturated carbocycles. The molecule has 27 heavy (non-hydrogen) atoms. The smallest absolute Gasteiger partial charge is 0.341 e. The van der Waals surface area contributed by atoms with Crippen molar-refractivity contribution >= 4 is 15.8 Å². The average molecular weight is 387 g/mol. The second kappa shape index (κ2) is 8.23. The number of benzene rings is 2. The lowest BCUT2D eigenvalue weighted by molar-refractivity contribution is -0.139. The molecule has 0 unspecified atom stereocenters. The first kappa shape index (κ1) is 20.5. The zero-order chi connectivity index (χ0) is 20.2. The van der Waals surface area contributed by atoms with E-state index in [2.05, 4.69) is 0 Å². The molecule has 0 aliphatic rings. The minimum Gasteiger partial charge on any atom is -0.481 e. The van der Waals surface area contributed by atoms with Crippen LogP contribution in [-0.4, -0.2) is 31.9 Å². The molecule has 0 aromatic heterocycles. The van der Waals surface area contributed by atoms with Gasteiger partial charge in [-0.25, -0.2) is 13.2 Å². The van der Waals surface area contributed by atoms with Gasteiger partial charge in [0.2, 0.25) is 0 Å². The Labute approximate surface area is 158 Å². The summed E-state index contributed by atoms with van der Waals surface area (Å²) in [5, 5.41) is 18.1. The molecule has 0 amide bonds. The number of nitrogens with zero attached hydrogens (tertiary/aromatic N) is 1. The van der Waals surface area contributed by atoms with Crippen molar-refractivity contribution in [1.29, 1.82) is 5.26 Å². The average Bonchev–Trinajstić information content (AvgIpc) is 2.59. The van der Waals surface area contributed by atoms with Gasteiger partial charge in [-0.05, 0) is 54.3 Å². The maximum absolute atomic E-state index is 12.6. The normalized spacial score (nSPS) is 11.2. The molecule has 0 aliphatic heterocycles. The van der Waals surface area contributed by atoms with Gasteiger partial charge in [-0.2, -0.15) is 5.26 Å². The molecule has 0 heterocycles. The van der Waals surface area contributed by atoms with Gasteiger partial charge in [0.05, 0.1) is 22.3 Å². The highest BCUT2D eigenvalue weighted by atomic mass is 32.2. The number of nitriles is 1. The van der Waals surface area contributed by atoms with Crippen molar-refractivity contribution < 1.29 is 23.1 Å². The van der Waals surface area contributed by atoms with Crippen molar-refractivity contribution in [2.24, 2.45) is 5.92 Å². The summed E-state index contributed by atoms with van der Waals surface area (Å²) < 4.78 is 30.5. The molecule has 0 spiro atoms. The third kappa shape index (κ3) is 5.08. The van der Waals surface area contributed by atoms with E-state index in [0.717, 1.165) is 5.56 Å². The second-order valence-electron chi connectivity index (χ2n) is 6.66. The van der Waals surface area contributed by atoms with Gasteiger partial charge in [0.15, 0.2) is 16.4 Å². The molecule has 0 fully saturated rings. The van der Waals surface area contributed by atoms with E-state index < -0.39 is 22.4 Å². The van der Waals surface area contributed by atoms with E-state index in [1.54, 1.807) is 24.3 Å². The van der Waals surface area contributed by atoms with Crippen LogP contribution in [0.25, 0.3) is 11.1 Å². The van der Waals surface area contributed by atoms with Crippen LogP contribution in [0, 0.1) is 24.2 Å². The summed E-state index contributed by atoms with van der Waals surface area (Å²) >= 11 is 0. The summed E-state index contributed by atoms with van der Waals surface area (Å²) in [6, 6.07) is 11.4. The Bertz CT molecular complexity index is 1000. The number of carboxylic acid groups (broad SMARTS) is 1. The minimum atomic E-state index is -3.46. The molecule has 0 radical (unpaired) electrons. The summed E-state index contributed by atoms with van der Waals surface area (Å²) in [7, 11) is -3.46. The largest absolute Gasteiger partial charge is 0.481 e. The fourth-order valence-electron chi connectivity index (χ4n) is 2.70. The summed E-state index contributed by atoms with van der Waals surface area (Å²) in [6.45, 7) is 4.94. The first-order valence-corrected chi connectivity index (χ1v) is 10.0. The highest BCUT2D eigenvalue weighted by Gasteiger charge is 2.19. The molecule has 7 heteroatoms. The summed E-state index contributed by atoms with van der Waals surface area (Å²) in [6.07, 6.45) is 0. The number of aryl methyl sites for hydroxylation is 1. The molecule has 0 bridgehead atoms. The predicted octanol–water partition coefficient (Wildman–Crippen LogP) is 3.43. The SMILES string of the molecule is Cc1ccc(S(=O)(=O)CC(C)C)cc1-c1cc(C#N)ccc1OCC(=O)O. The topological polar surface area (TPSA) is 104 Å². The summed E-state index contributed by atoms with van der Waals surface area (Å²) in [4.78, 5) is 11.0. The number of sulfone groups is 1. The van der Waals surface area contributed by atoms with E-state index in [-0.39, 0.29) is 22.3 Å². The number of aliphatic carboxylic acids is 1. The maximum Gasteiger partial charge on any atom is 0.341 e. The highest BCUT2D eigenvalue weighted by molar-refractivity contribution is 7.91. The quantitative estimate of drug-likeness (QED) is 0.780. The number of carbonyl (C=O) groups is 1. The number of carboxylic acids is 1. The number of hydrogen-bond acceptors (Lipinski definition) is 5. The zero-order valence-corrected chi connectivity index (χ0v) is 16.2. The lowest BCUT2D eigenvalue weighted by Gasteiger charge is -2.15. The molecule has 1 N–H and O–H groups in total. The molecule has 6 nitrogen and oxygen atoms in total. The molecular formula is C20H21NO5S. The molecule has 142 valence electrons. The molecule has 2 aromatic carbocycles. The van der Waals surface area contributed by atoms with E-state index in [1.165, 1.54) is 12.1 Å². The highest BCUT2D eigenvalue weighted by Crippen LogP contribution is 2.35. The minimum absolute atomic E-state index is 0.0175. The van der Waals surface area contributed by atoms with Crippen molar-refractivity contribution in [3.8, 4) is 22.9 Å². The third-order valence-electron chi connectivity index (χ3n) is 3.87. The Hall–Kier alpha value is -2.85. The first-order valence-electron chi connectivity index (χ1n) is 8.36. The van der Waals surface area contributed by atoms with Crippen LogP contribution >= 0.6 is 0 Å². The molecule has 0 atom stereocenters. The molecule has 2 aromatic rings. The maximum atomic E-state index is 12.6. The van der Waals surface area contributed by atoms with E-state index >= 15 is 0 Å². The molecular weight excluding hydrogens is 366 g/mol. The van der Waals surface area contributed by atoms with Gasteiger partial charge in [-0.15, -0.1) is 0 Å². The Morgan fingerprint density at radius 1 is 1.19 bits per heavy atom. The predicted molar refractivity (Wildman–Crippen MR) is 101 cm³/mol. The fourth-order valence-corrected chi connectivity index (χ4v) is 4.34.